The summed E-state index contributed by atoms with van der Waals surface area (Å²) in [6.45, 7) is 4.62. The monoisotopic (exact) mass is 578 g/mol. The van der Waals surface area contributed by atoms with E-state index in [9.17, 15) is 19.6 Å². The van der Waals surface area contributed by atoms with Crippen LogP contribution in [0.1, 0.15) is 71.2 Å². The number of terminal acetylenes is 1. The van der Waals surface area contributed by atoms with Gasteiger partial charge in [-0.2, -0.15) is 5.26 Å². The van der Waals surface area contributed by atoms with Gasteiger partial charge in [0.25, 0.3) is 0 Å². The number of fused-ring (bicyclic) bond motifs is 1. The molecule has 0 radical (unpaired) electrons. The lowest BCUT2D eigenvalue weighted by Crippen LogP contribution is -2.48. The maximum absolute atomic E-state index is 13.2. The second-order valence-corrected chi connectivity index (χ2v) is 11.3. The normalized spacial score (nSPS) is 16.7. The highest BCUT2D eigenvalue weighted by Gasteiger charge is 2.24. The molecule has 0 N–H and O–H groups in total. The van der Waals surface area contributed by atoms with E-state index >= 15 is 0 Å². The number of carbonyl (C=O) groups is 3. The maximum atomic E-state index is 13.2. The highest BCUT2D eigenvalue weighted by Crippen LogP contribution is 2.27. The van der Waals surface area contributed by atoms with E-state index in [4.69, 9.17) is 11.4 Å². The van der Waals surface area contributed by atoms with Gasteiger partial charge in [0.2, 0.25) is 5.91 Å². The minimum atomic E-state index is -0.116. The molecule has 3 heterocycles. The third-order valence-electron chi connectivity index (χ3n) is 7.96. The largest absolute Gasteiger partial charge is 0.373 e. The first-order chi connectivity index (χ1) is 20.7. The Kier molecular flexibility index (Phi) is 10.6. The van der Waals surface area contributed by atoms with Crippen LogP contribution in [0.4, 0.5) is 5.69 Å². The molecule has 0 saturated carbocycles. The first-order valence-corrected chi connectivity index (χ1v) is 14.6. The van der Waals surface area contributed by atoms with Crippen molar-refractivity contribution in [1.82, 2.24) is 19.8 Å². The summed E-state index contributed by atoms with van der Waals surface area (Å²) in [6.07, 6.45) is 15.4. The highest BCUT2D eigenvalue weighted by atomic mass is 16.2. The zero-order valence-corrected chi connectivity index (χ0v) is 25.2. The number of nitrogens with zero attached hydrogens (tertiary/aromatic N) is 6. The summed E-state index contributed by atoms with van der Waals surface area (Å²) >= 11 is 0. The predicted octanol–water partition coefficient (Wildman–Crippen LogP) is 3.76. The number of ketones is 1. The van der Waals surface area contributed by atoms with Crippen molar-refractivity contribution in [3.8, 4) is 18.4 Å². The quantitative estimate of drug-likeness (QED) is 0.138. The van der Waals surface area contributed by atoms with E-state index in [1.165, 1.54) is 6.20 Å². The number of amides is 1. The highest BCUT2D eigenvalue weighted by molar-refractivity contribution is 6.06. The van der Waals surface area contributed by atoms with Crippen molar-refractivity contribution >= 4 is 29.7 Å². The fourth-order valence-electron chi connectivity index (χ4n) is 5.46. The van der Waals surface area contributed by atoms with Gasteiger partial charge in [-0.3, -0.25) is 24.3 Å². The number of hydrogen-bond acceptors (Lipinski definition) is 8. The molecular formula is C34H38N6O3. The van der Waals surface area contributed by atoms with E-state index in [0.717, 1.165) is 66.6 Å². The number of likely N-dealkylation sites (N-methyl/N-ethyl adjacent to an activating group) is 1. The number of aldehydes is 1. The van der Waals surface area contributed by atoms with E-state index in [1.807, 2.05) is 36.0 Å². The molecule has 1 fully saturated rings. The molecule has 2 aliphatic rings. The van der Waals surface area contributed by atoms with Crippen molar-refractivity contribution in [2.75, 3.05) is 45.2 Å². The van der Waals surface area contributed by atoms with Crippen molar-refractivity contribution in [1.29, 1.82) is 5.26 Å². The zero-order chi connectivity index (χ0) is 30.9. The van der Waals surface area contributed by atoms with Gasteiger partial charge < -0.3 is 9.80 Å². The van der Waals surface area contributed by atoms with E-state index in [1.54, 1.807) is 24.0 Å². The minimum absolute atomic E-state index is 0.0483. The topological polar surface area (TPSA) is 110 Å². The number of aromatic nitrogens is 2. The Balaban J connectivity index is 1.51. The van der Waals surface area contributed by atoms with Crippen LogP contribution in [-0.4, -0.2) is 78.0 Å². The number of nitriles is 1. The average Bonchev–Trinajstić information content (AvgIpc) is 3.19. The van der Waals surface area contributed by atoms with Gasteiger partial charge in [0.1, 0.15) is 11.8 Å². The van der Waals surface area contributed by atoms with Gasteiger partial charge in [-0.25, -0.2) is 4.98 Å². The van der Waals surface area contributed by atoms with E-state index in [0.29, 0.717) is 61.5 Å². The Morgan fingerprint density at radius 2 is 2.07 bits per heavy atom. The molecule has 1 aliphatic carbocycles. The first-order valence-electron chi connectivity index (χ1n) is 14.6. The molecule has 2 aromatic heterocycles. The molecule has 0 spiro atoms. The second kappa shape index (κ2) is 14.5. The fourth-order valence-corrected chi connectivity index (χ4v) is 5.46. The summed E-state index contributed by atoms with van der Waals surface area (Å²) in [6, 6.07) is 6.02. The summed E-state index contributed by atoms with van der Waals surface area (Å²) in [5.41, 5.74) is 6.28. The predicted molar refractivity (Wildman–Crippen MR) is 166 cm³/mol. The molecule has 9 nitrogen and oxygen atoms in total. The standard InChI is InChI=1S/C34H38N6O3/c1-5-6-7-11-39(4)32-18-29(36-20-28(32)19-35)14-24(2)33(42)16-25-9-8-10-26-17-27(31(23-41)37-30(26)15-25)21-40-13-12-38(3)22-34(40)43/h1,14,16-18,20,23H,6-13,15,21-22H2,2-4H3/b24-14-,25-16+. The lowest BCUT2D eigenvalue weighted by Gasteiger charge is -2.32. The molecule has 0 bridgehead atoms. The number of aryl methyl sites for hydroxylation is 1. The number of allylic oxidation sites excluding steroid dienone is 3. The van der Waals surface area contributed by atoms with Crippen LogP contribution in [0.3, 0.4) is 0 Å². The summed E-state index contributed by atoms with van der Waals surface area (Å²) in [7, 11) is 3.83. The Morgan fingerprint density at radius 1 is 1.26 bits per heavy atom. The summed E-state index contributed by atoms with van der Waals surface area (Å²) in [5.74, 6) is 2.56. The van der Waals surface area contributed by atoms with Gasteiger partial charge in [0, 0.05) is 63.5 Å². The number of rotatable bonds is 10. The van der Waals surface area contributed by atoms with Crippen molar-refractivity contribution in [2.45, 2.75) is 52.0 Å². The van der Waals surface area contributed by atoms with Crippen LogP contribution in [-0.2, 0) is 29.0 Å². The smallest absolute Gasteiger partial charge is 0.237 e. The molecule has 2 aromatic rings. The molecule has 1 aliphatic heterocycles. The average molecular weight is 579 g/mol. The van der Waals surface area contributed by atoms with Crippen molar-refractivity contribution in [2.24, 2.45) is 0 Å². The van der Waals surface area contributed by atoms with Crippen LogP contribution in [0.2, 0.25) is 0 Å². The van der Waals surface area contributed by atoms with Gasteiger partial charge in [-0.1, -0.05) is 5.57 Å². The van der Waals surface area contributed by atoms with Crippen LogP contribution >= 0.6 is 0 Å². The Morgan fingerprint density at radius 3 is 2.79 bits per heavy atom. The van der Waals surface area contributed by atoms with Crippen molar-refractivity contribution in [3.05, 3.63) is 69.3 Å². The number of piperazine rings is 1. The Hall–Kier alpha value is -4.60. The van der Waals surface area contributed by atoms with Crippen LogP contribution in [0.15, 0.2) is 35.6 Å². The first kappa shape index (κ1) is 31.3. The Bertz CT molecular complexity index is 1540. The number of unbranched alkanes of at least 4 members (excludes halogenated alkanes) is 1. The van der Waals surface area contributed by atoms with E-state index in [-0.39, 0.29) is 11.7 Å². The van der Waals surface area contributed by atoms with E-state index in [2.05, 4.69) is 17.0 Å². The van der Waals surface area contributed by atoms with Crippen LogP contribution < -0.4 is 4.90 Å². The summed E-state index contributed by atoms with van der Waals surface area (Å²) < 4.78 is 0. The van der Waals surface area contributed by atoms with Crippen LogP contribution in [0, 0.1) is 23.7 Å². The molecular weight excluding hydrogens is 540 g/mol. The van der Waals surface area contributed by atoms with Crippen molar-refractivity contribution < 1.29 is 14.4 Å². The molecule has 0 aromatic carbocycles. The van der Waals surface area contributed by atoms with Crippen LogP contribution in [0.25, 0.3) is 6.08 Å². The minimum Gasteiger partial charge on any atom is -0.373 e. The van der Waals surface area contributed by atoms with Crippen molar-refractivity contribution in [3.63, 3.8) is 0 Å². The summed E-state index contributed by atoms with van der Waals surface area (Å²) in [4.78, 5) is 52.6. The van der Waals surface area contributed by atoms with Crippen LogP contribution in [0.5, 0.6) is 0 Å². The number of anilines is 1. The third kappa shape index (κ3) is 8.03. The molecule has 43 heavy (non-hydrogen) atoms. The summed E-state index contributed by atoms with van der Waals surface area (Å²) in [5, 5.41) is 9.55. The zero-order valence-electron chi connectivity index (χ0n) is 25.2. The molecule has 9 heteroatoms. The number of hydrogen-bond donors (Lipinski definition) is 0. The Labute approximate surface area is 253 Å². The van der Waals surface area contributed by atoms with Gasteiger partial charge >= 0.3 is 0 Å². The van der Waals surface area contributed by atoms with Gasteiger partial charge in [0.05, 0.1) is 23.5 Å². The lowest BCUT2D eigenvalue weighted by atomic mass is 10.0. The SMILES string of the molecule is C#CCCCN(C)c1cc(/C=C(/C)C(=O)/C=C2\CCCc3cc(CN4CCN(C)CC4=O)c(C=O)nc3C2)ncc1C#N. The molecule has 1 amide bonds. The molecule has 4 rings (SSSR count). The second-order valence-electron chi connectivity index (χ2n) is 11.3. The molecule has 1 saturated heterocycles. The molecule has 222 valence electrons. The lowest BCUT2D eigenvalue weighted by molar-refractivity contribution is -0.136. The van der Waals surface area contributed by atoms with Gasteiger partial charge in [-0.15, -0.1) is 12.3 Å². The van der Waals surface area contributed by atoms with E-state index < -0.39 is 0 Å². The molecule has 0 atom stereocenters. The maximum Gasteiger partial charge on any atom is 0.237 e. The van der Waals surface area contributed by atoms with Gasteiger partial charge in [0.15, 0.2) is 12.1 Å². The molecule has 0 unspecified atom stereocenters. The third-order valence-corrected chi connectivity index (χ3v) is 7.96. The number of pyridine rings is 2. The number of carbonyl (C=O) groups excluding carboxylic acids is 3. The van der Waals surface area contributed by atoms with Gasteiger partial charge in [-0.05, 0) is 75.1 Å². The fraction of sp³-hybridized carbons (Fsp3) is 0.412.